The van der Waals surface area contributed by atoms with Crippen molar-refractivity contribution >= 4 is 16.9 Å². The number of methoxy groups -OCH3 is 1. The van der Waals surface area contributed by atoms with Crippen LogP contribution >= 0.6 is 0 Å². The number of nitrogens with zero attached hydrogens (tertiary/aromatic N) is 2. The zero-order chi connectivity index (χ0) is 23.0. The zero-order valence-corrected chi connectivity index (χ0v) is 18.6. The quantitative estimate of drug-likeness (QED) is 0.266. The maximum Gasteiger partial charge on any atom is 0.287 e. The van der Waals surface area contributed by atoms with Crippen molar-refractivity contribution in [3.05, 3.63) is 90.7 Å². The number of benzene rings is 2. The van der Waals surface area contributed by atoms with Crippen LogP contribution in [0.15, 0.2) is 77.9 Å². The number of nitrogens with one attached hydrogen (secondary N) is 1. The van der Waals surface area contributed by atoms with Crippen LogP contribution in [-0.2, 0) is 19.5 Å². The van der Waals surface area contributed by atoms with Crippen molar-refractivity contribution in [2.45, 2.75) is 25.9 Å². The molecule has 0 aliphatic carbocycles. The monoisotopic (exact) mass is 445 g/mol. The van der Waals surface area contributed by atoms with Crippen LogP contribution in [0.4, 0.5) is 0 Å². The van der Waals surface area contributed by atoms with Crippen LogP contribution < -0.4 is 14.8 Å². The molecule has 0 aliphatic heterocycles. The third-order valence-electron chi connectivity index (χ3n) is 5.28. The molecule has 2 aromatic heterocycles. The van der Waals surface area contributed by atoms with E-state index in [2.05, 4.69) is 16.5 Å². The van der Waals surface area contributed by atoms with E-state index in [1.165, 1.54) is 6.26 Å². The van der Waals surface area contributed by atoms with E-state index in [0.29, 0.717) is 31.2 Å². The average molecular weight is 446 g/mol. The van der Waals surface area contributed by atoms with Gasteiger partial charge in [-0.25, -0.2) is 4.98 Å². The third kappa shape index (κ3) is 5.26. The number of rotatable bonds is 11. The van der Waals surface area contributed by atoms with Gasteiger partial charge in [0.05, 0.1) is 37.6 Å². The normalized spacial score (nSPS) is 10.8. The maximum absolute atomic E-state index is 12.3. The number of aromatic nitrogens is 2. The molecule has 7 heteroatoms. The highest BCUT2D eigenvalue weighted by Gasteiger charge is 2.14. The van der Waals surface area contributed by atoms with E-state index >= 15 is 0 Å². The topological polar surface area (TPSA) is 78.5 Å². The number of hydrogen-bond acceptors (Lipinski definition) is 5. The minimum atomic E-state index is -0.270. The summed E-state index contributed by atoms with van der Waals surface area (Å²) in [6.45, 7) is 5.29. The van der Waals surface area contributed by atoms with Gasteiger partial charge in [0.25, 0.3) is 5.91 Å². The maximum atomic E-state index is 12.3. The molecule has 0 unspecified atom stereocenters. The van der Waals surface area contributed by atoms with E-state index < -0.39 is 0 Å². The Hall–Kier alpha value is -4.00. The van der Waals surface area contributed by atoms with E-state index in [4.69, 9.17) is 18.9 Å². The number of para-hydroxylation sites is 2. The molecule has 1 N–H and O–H groups in total. The first-order valence-electron chi connectivity index (χ1n) is 10.9. The Bertz CT molecular complexity index is 1230. The van der Waals surface area contributed by atoms with Crippen molar-refractivity contribution in [2.24, 2.45) is 0 Å². The molecule has 0 bridgehead atoms. The molecule has 0 spiro atoms. The summed E-state index contributed by atoms with van der Waals surface area (Å²) in [5, 5.41) is 2.88. The number of fused-ring (bicyclic) bond motifs is 1. The smallest absolute Gasteiger partial charge is 0.287 e. The minimum absolute atomic E-state index is 0.270. The summed E-state index contributed by atoms with van der Waals surface area (Å²) >= 11 is 0. The number of furan rings is 1. The Morgan fingerprint density at radius 2 is 2.06 bits per heavy atom. The molecule has 0 atom stereocenters. The molecule has 0 saturated heterocycles. The molecular formula is C26H27N3O4. The lowest BCUT2D eigenvalue weighted by molar-refractivity contribution is 0.0921. The fourth-order valence-corrected chi connectivity index (χ4v) is 3.69. The number of carbonyl (C=O) groups is 1. The lowest BCUT2D eigenvalue weighted by Crippen LogP contribution is -2.24. The van der Waals surface area contributed by atoms with Gasteiger partial charge < -0.3 is 23.8 Å². The Labute approximate surface area is 192 Å². The molecule has 0 radical (unpaired) electrons. The minimum Gasteiger partial charge on any atom is -0.493 e. The first-order chi connectivity index (χ1) is 16.2. The molecule has 4 aromatic rings. The number of amides is 1. The number of hydrogen-bond donors (Lipinski definition) is 1. The summed E-state index contributed by atoms with van der Waals surface area (Å²) in [5.74, 6) is 2.21. The molecule has 0 aliphatic rings. The van der Waals surface area contributed by atoms with Gasteiger partial charge in [0.15, 0.2) is 17.3 Å². The van der Waals surface area contributed by atoms with Gasteiger partial charge in [-0.15, -0.1) is 6.58 Å². The van der Waals surface area contributed by atoms with Gasteiger partial charge >= 0.3 is 0 Å². The molecule has 2 aromatic carbocycles. The van der Waals surface area contributed by atoms with Crippen LogP contribution in [0.2, 0.25) is 0 Å². The second kappa shape index (κ2) is 10.5. The van der Waals surface area contributed by atoms with E-state index in [0.717, 1.165) is 35.3 Å². The van der Waals surface area contributed by atoms with Crippen LogP contribution in [0.1, 0.15) is 28.4 Å². The lowest BCUT2D eigenvalue weighted by atomic mass is 10.1. The van der Waals surface area contributed by atoms with Crippen LogP contribution in [0.5, 0.6) is 11.5 Å². The van der Waals surface area contributed by atoms with Gasteiger partial charge in [-0.3, -0.25) is 4.79 Å². The van der Waals surface area contributed by atoms with Crippen LogP contribution in [0.25, 0.3) is 11.0 Å². The number of aryl methyl sites for hydroxylation is 1. The Morgan fingerprint density at radius 3 is 2.85 bits per heavy atom. The first-order valence-corrected chi connectivity index (χ1v) is 10.9. The summed E-state index contributed by atoms with van der Waals surface area (Å²) in [5.41, 5.74) is 3.03. The molecule has 0 saturated carbocycles. The van der Waals surface area contributed by atoms with E-state index in [1.54, 1.807) is 19.2 Å². The summed E-state index contributed by atoms with van der Waals surface area (Å²) in [6, 6.07) is 17.2. The van der Waals surface area contributed by atoms with Crippen molar-refractivity contribution in [1.82, 2.24) is 14.9 Å². The molecule has 7 nitrogen and oxygen atoms in total. The fourth-order valence-electron chi connectivity index (χ4n) is 3.69. The lowest BCUT2D eigenvalue weighted by Gasteiger charge is -2.13. The Balaban J connectivity index is 1.41. The van der Waals surface area contributed by atoms with Crippen LogP contribution in [0, 0.1) is 0 Å². The standard InChI is InChI=1S/C26H27N3O4/c1-3-8-19-12-13-22(24(17-19)31-2)32-16-7-14-29-21-10-5-4-9-20(21)28-25(29)18-27-26(30)23-11-6-15-33-23/h3-6,9-13,15,17H,1,7-8,14,16,18H2,2H3,(H,27,30). The number of ether oxygens (including phenoxy) is 2. The van der Waals surface area contributed by atoms with Gasteiger partial charge in [-0.1, -0.05) is 24.3 Å². The van der Waals surface area contributed by atoms with Crippen molar-refractivity contribution in [3.63, 3.8) is 0 Å². The summed E-state index contributed by atoms with van der Waals surface area (Å²) in [7, 11) is 1.64. The summed E-state index contributed by atoms with van der Waals surface area (Å²) in [6.07, 6.45) is 4.88. The van der Waals surface area contributed by atoms with Gasteiger partial charge in [0.1, 0.15) is 5.82 Å². The molecular weight excluding hydrogens is 418 g/mol. The second-order valence-corrected chi connectivity index (χ2v) is 7.51. The molecule has 2 heterocycles. The Morgan fingerprint density at radius 1 is 1.18 bits per heavy atom. The van der Waals surface area contributed by atoms with E-state index in [1.807, 2.05) is 48.5 Å². The summed E-state index contributed by atoms with van der Waals surface area (Å²) in [4.78, 5) is 17.0. The van der Waals surface area contributed by atoms with E-state index in [-0.39, 0.29) is 11.7 Å². The number of carbonyl (C=O) groups excluding carboxylic acids is 1. The zero-order valence-electron chi connectivity index (χ0n) is 18.6. The van der Waals surface area contributed by atoms with E-state index in [9.17, 15) is 4.79 Å². The predicted molar refractivity (Wildman–Crippen MR) is 127 cm³/mol. The van der Waals surface area contributed by atoms with Crippen molar-refractivity contribution in [1.29, 1.82) is 0 Å². The third-order valence-corrected chi connectivity index (χ3v) is 5.28. The first kappa shape index (κ1) is 22.2. The highest BCUT2D eigenvalue weighted by atomic mass is 16.5. The summed E-state index contributed by atoms with van der Waals surface area (Å²) < 4.78 is 18.7. The molecule has 33 heavy (non-hydrogen) atoms. The molecule has 170 valence electrons. The van der Waals surface area contributed by atoms with Crippen molar-refractivity contribution in [3.8, 4) is 11.5 Å². The molecule has 4 rings (SSSR count). The number of allylic oxidation sites excluding steroid dienone is 1. The van der Waals surface area contributed by atoms with Gasteiger partial charge in [-0.2, -0.15) is 0 Å². The molecule has 1 amide bonds. The molecule has 0 fully saturated rings. The highest BCUT2D eigenvalue weighted by molar-refractivity contribution is 5.91. The Kier molecular flexibility index (Phi) is 7.09. The largest absolute Gasteiger partial charge is 0.493 e. The average Bonchev–Trinajstić information content (AvgIpc) is 3.49. The SMILES string of the molecule is C=CCc1ccc(OCCCn2c(CNC(=O)c3ccco3)nc3ccccc32)c(OC)c1. The fraction of sp³-hybridized carbons (Fsp3) is 0.231. The van der Waals surface area contributed by atoms with Crippen molar-refractivity contribution in [2.75, 3.05) is 13.7 Å². The second-order valence-electron chi connectivity index (χ2n) is 7.51. The predicted octanol–water partition coefficient (Wildman–Crippen LogP) is 4.77. The highest BCUT2D eigenvalue weighted by Crippen LogP contribution is 2.28. The van der Waals surface area contributed by atoms with Gasteiger partial charge in [0, 0.05) is 6.54 Å². The number of imidazole rings is 1. The van der Waals surface area contributed by atoms with Crippen LogP contribution in [0.3, 0.4) is 0 Å². The van der Waals surface area contributed by atoms with Gasteiger partial charge in [0.2, 0.25) is 0 Å². The van der Waals surface area contributed by atoms with Crippen LogP contribution in [-0.4, -0.2) is 29.2 Å². The van der Waals surface area contributed by atoms with Gasteiger partial charge in [-0.05, 0) is 54.8 Å². The van der Waals surface area contributed by atoms with Crippen molar-refractivity contribution < 1.29 is 18.7 Å².